The van der Waals surface area contributed by atoms with Gasteiger partial charge in [-0.25, -0.2) is 0 Å². The minimum atomic E-state index is -0.729. The van der Waals surface area contributed by atoms with Crippen molar-refractivity contribution in [2.75, 3.05) is 18.5 Å². The van der Waals surface area contributed by atoms with Crippen molar-refractivity contribution in [3.63, 3.8) is 0 Å². The van der Waals surface area contributed by atoms with Crippen LogP contribution in [0.15, 0.2) is 59.3 Å². The van der Waals surface area contributed by atoms with Crippen LogP contribution in [0.2, 0.25) is 0 Å². The van der Waals surface area contributed by atoms with Crippen molar-refractivity contribution in [2.45, 2.75) is 52.6 Å². The quantitative estimate of drug-likeness (QED) is 0.180. The lowest BCUT2D eigenvalue weighted by Crippen LogP contribution is -2.41. The van der Waals surface area contributed by atoms with Crippen LogP contribution < -0.4 is 31.6 Å². The highest BCUT2D eigenvalue weighted by Crippen LogP contribution is 2.38. The molecule has 2 amide bonds. The number of anilines is 2. The molecule has 0 aliphatic heterocycles. The zero-order valence-corrected chi connectivity index (χ0v) is 23.7. The minimum absolute atomic E-state index is 0.00716. The third-order valence-electron chi connectivity index (χ3n) is 6.65. The van der Waals surface area contributed by atoms with Gasteiger partial charge in [0.1, 0.15) is 5.76 Å². The number of hydrogen-bond donors (Lipinski definition) is 4. The molecule has 2 aromatic heterocycles. The Labute approximate surface area is 239 Å². The van der Waals surface area contributed by atoms with Crippen molar-refractivity contribution >= 4 is 34.1 Å². The first-order valence-electron chi connectivity index (χ1n) is 13.8. The van der Waals surface area contributed by atoms with E-state index in [-0.39, 0.29) is 12.3 Å². The number of nitrogens with one attached hydrogen (secondary N) is 2. The van der Waals surface area contributed by atoms with E-state index in [1.54, 1.807) is 24.6 Å². The maximum absolute atomic E-state index is 12.7. The van der Waals surface area contributed by atoms with Gasteiger partial charge in [0, 0.05) is 41.9 Å². The molecule has 2 aromatic carbocycles. The summed E-state index contributed by atoms with van der Waals surface area (Å²) < 4.78 is 17.0. The zero-order chi connectivity index (χ0) is 29.4. The number of furan rings is 1. The van der Waals surface area contributed by atoms with Gasteiger partial charge in [-0.05, 0) is 55.7 Å². The summed E-state index contributed by atoms with van der Waals surface area (Å²) in [6, 6.07) is 12.4. The van der Waals surface area contributed by atoms with Gasteiger partial charge in [0.15, 0.2) is 11.5 Å². The molecule has 0 aliphatic rings. The lowest BCUT2D eigenvalue weighted by molar-refractivity contribution is -0.122. The van der Waals surface area contributed by atoms with Crippen LogP contribution in [-0.4, -0.2) is 36.1 Å². The Morgan fingerprint density at radius 2 is 1.78 bits per heavy atom. The Bertz CT molecular complexity index is 1500. The van der Waals surface area contributed by atoms with Gasteiger partial charge in [-0.2, -0.15) is 0 Å². The van der Waals surface area contributed by atoms with E-state index in [2.05, 4.69) is 15.6 Å². The number of carbonyl (C=O) groups is 2. The largest absolute Gasteiger partial charge is 0.490 e. The fourth-order valence-corrected chi connectivity index (χ4v) is 4.77. The number of rotatable bonds is 14. The highest BCUT2D eigenvalue weighted by Gasteiger charge is 2.19. The Balaban J connectivity index is 1.67. The monoisotopic (exact) mass is 559 g/mol. The van der Waals surface area contributed by atoms with Crippen LogP contribution in [0.3, 0.4) is 0 Å². The van der Waals surface area contributed by atoms with E-state index in [9.17, 15) is 9.59 Å². The molecule has 10 nitrogen and oxygen atoms in total. The summed E-state index contributed by atoms with van der Waals surface area (Å²) in [5.74, 6) is 1.11. The second-order valence-corrected chi connectivity index (χ2v) is 9.51. The van der Waals surface area contributed by atoms with E-state index < -0.39 is 11.9 Å². The van der Waals surface area contributed by atoms with E-state index in [1.165, 1.54) is 0 Å². The number of amides is 2. The van der Waals surface area contributed by atoms with Crippen molar-refractivity contribution in [1.29, 1.82) is 0 Å². The fraction of sp³-hybridized carbons (Fsp3) is 0.323. The average molecular weight is 560 g/mol. The number of nitrogens with zero attached hydrogens (tertiary/aromatic N) is 1. The highest BCUT2D eigenvalue weighted by molar-refractivity contribution is 5.98. The summed E-state index contributed by atoms with van der Waals surface area (Å²) in [6.07, 6.45) is 4.23. The molecular weight excluding hydrogens is 522 g/mol. The third-order valence-corrected chi connectivity index (χ3v) is 6.65. The van der Waals surface area contributed by atoms with Crippen LogP contribution in [0.1, 0.15) is 43.2 Å². The molecule has 0 aliphatic carbocycles. The van der Waals surface area contributed by atoms with Gasteiger partial charge in [0.25, 0.3) is 0 Å². The van der Waals surface area contributed by atoms with Crippen LogP contribution in [0.25, 0.3) is 10.9 Å². The molecule has 41 heavy (non-hydrogen) atoms. The maximum atomic E-state index is 12.7. The first-order chi connectivity index (χ1) is 19.8. The van der Waals surface area contributed by atoms with E-state index in [1.807, 2.05) is 51.1 Å². The number of aromatic nitrogens is 1. The molecule has 0 bridgehead atoms. The van der Waals surface area contributed by atoms with E-state index in [0.29, 0.717) is 66.6 Å². The van der Waals surface area contributed by atoms with Crippen molar-refractivity contribution < 1.29 is 23.5 Å². The molecule has 0 spiro atoms. The summed E-state index contributed by atoms with van der Waals surface area (Å²) in [5.41, 5.74) is 16.5. The van der Waals surface area contributed by atoms with Crippen molar-refractivity contribution in [2.24, 2.45) is 11.5 Å². The van der Waals surface area contributed by atoms with Gasteiger partial charge in [-0.1, -0.05) is 19.1 Å². The second kappa shape index (κ2) is 13.7. The first kappa shape index (κ1) is 29.4. The number of hydrogen-bond acceptors (Lipinski definition) is 8. The molecule has 1 atom stereocenters. The maximum Gasteiger partial charge on any atom is 0.237 e. The number of carbonyl (C=O) groups excluding carboxylic acids is 2. The Morgan fingerprint density at radius 3 is 2.44 bits per heavy atom. The Morgan fingerprint density at radius 1 is 1.02 bits per heavy atom. The summed E-state index contributed by atoms with van der Waals surface area (Å²) >= 11 is 0. The molecule has 4 rings (SSSR count). The molecule has 0 saturated carbocycles. The summed E-state index contributed by atoms with van der Waals surface area (Å²) in [5, 5.41) is 7.26. The zero-order valence-electron chi connectivity index (χ0n) is 23.7. The number of primary amides is 1. The number of benzene rings is 2. The van der Waals surface area contributed by atoms with Gasteiger partial charge in [0.05, 0.1) is 43.1 Å². The molecule has 6 N–H and O–H groups in total. The van der Waals surface area contributed by atoms with E-state index >= 15 is 0 Å². The number of ether oxygens (including phenoxy) is 2. The molecular formula is C31H37N5O5. The summed E-state index contributed by atoms with van der Waals surface area (Å²) in [4.78, 5) is 29.3. The lowest BCUT2D eigenvalue weighted by Gasteiger charge is -2.20. The van der Waals surface area contributed by atoms with Crippen LogP contribution in [0, 0.1) is 0 Å². The third kappa shape index (κ3) is 7.15. The average Bonchev–Trinajstić information content (AvgIpc) is 3.46. The standard InChI is InChI=1S/C31H37N5O5/c1-4-22-19(17-35-31(38)24(32)14-21-10-8-12-41-21)9-7-11-25(22)36-30-20(13-29(33)37)18-34-26-16-28(40-6-3)27(39-5-2)15-23(26)30/h7-12,15-16,18,24H,4-6,13-14,17,32H2,1-3H3,(H2,33,37)(H,34,36)(H,35,38)/t24-/m0/s1. The van der Waals surface area contributed by atoms with Crippen LogP contribution in [0.4, 0.5) is 11.4 Å². The van der Waals surface area contributed by atoms with Gasteiger partial charge in [-0.15, -0.1) is 0 Å². The second-order valence-electron chi connectivity index (χ2n) is 9.51. The van der Waals surface area contributed by atoms with Crippen molar-refractivity contribution in [3.05, 3.63) is 77.4 Å². The van der Waals surface area contributed by atoms with Gasteiger partial charge in [-0.3, -0.25) is 14.6 Å². The van der Waals surface area contributed by atoms with E-state index in [0.717, 1.165) is 22.2 Å². The van der Waals surface area contributed by atoms with Crippen LogP contribution >= 0.6 is 0 Å². The molecule has 0 unspecified atom stereocenters. The normalized spacial score (nSPS) is 11.7. The number of nitrogens with two attached hydrogens (primary N) is 2. The smallest absolute Gasteiger partial charge is 0.237 e. The highest BCUT2D eigenvalue weighted by atomic mass is 16.5. The molecule has 10 heteroatoms. The first-order valence-corrected chi connectivity index (χ1v) is 13.8. The van der Waals surface area contributed by atoms with Crippen LogP contribution in [0.5, 0.6) is 11.5 Å². The molecule has 0 saturated heterocycles. The predicted octanol–water partition coefficient (Wildman–Crippen LogP) is 4.15. The topological polar surface area (TPSA) is 155 Å². The van der Waals surface area contributed by atoms with Gasteiger partial charge < -0.3 is 36.0 Å². The SMILES string of the molecule is CCOc1cc2ncc(CC(N)=O)c(Nc3cccc(CNC(=O)[C@@H](N)Cc4ccco4)c3CC)c2cc1OCC. The minimum Gasteiger partial charge on any atom is -0.490 e. The lowest BCUT2D eigenvalue weighted by atomic mass is 10.0. The predicted molar refractivity (Wildman–Crippen MR) is 158 cm³/mol. The summed E-state index contributed by atoms with van der Waals surface area (Å²) in [6.45, 7) is 7.11. The van der Waals surface area contributed by atoms with Crippen LogP contribution in [-0.2, 0) is 35.4 Å². The number of fused-ring (bicyclic) bond motifs is 1. The molecule has 0 fully saturated rings. The number of pyridine rings is 1. The van der Waals surface area contributed by atoms with Gasteiger partial charge in [0.2, 0.25) is 11.8 Å². The molecule has 4 aromatic rings. The fourth-order valence-electron chi connectivity index (χ4n) is 4.77. The Kier molecular flexibility index (Phi) is 9.81. The molecule has 2 heterocycles. The molecule has 216 valence electrons. The summed E-state index contributed by atoms with van der Waals surface area (Å²) in [7, 11) is 0. The van der Waals surface area contributed by atoms with Crippen molar-refractivity contribution in [3.8, 4) is 11.5 Å². The molecule has 0 radical (unpaired) electrons. The van der Waals surface area contributed by atoms with E-state index in [4.69, 9.17) is 25.4 Å². The van der Waals surface area contributed by atoms with Gasteiger partial charge >= 0.3 is 0 Å². The van der Waals surface area contributed by atoms with Crippen molar-refractivity contribution in [1.82, 2.24) is 10.3 Å². The Hall–Kier alpha value is -4.57.